The third-order valence-corrected chi connectivity index (χ3v) is 5.11. The van der Waals surface area contributed by atoms with Crippen molar-refractivity contribution in [2.24, 2.45) is 0 Å². The molecular weight excluding hydrogens is 302 g/mol. The second-order valence-electron chi connectivity index (χ2n) is 4.58. The summed E-state index contributed by atoms with van der Waals surface area (Å²) in [7, 11) is 1.65. The lowest BCUT2D eigenvalue weighted by Gasteiger charge is -2.05. The number of carbonyl (C=O) groups is 1. The fourth-order valence-electron chi connectivity index (χ4n) is 1.79. The number of methoxy groups -OCH3 is 1. The molecule has 2 rings (SSSR count). The maximum Gasteiger partial charge on any atom is 0.221 e. The number of benzene rings is 1. The van der Waals surface area contributed by atoms with Crippen molar-refractivity contribution in [1.29, 1.82) is 0 Å². The molecule has 0 aliphatic rings. The summed E-state index contributed by atoms with van der Waals surface area (Å²) in [4.78, 5) is 14.2. The SMILES string of the molecule is COc1ccc(SCCC(=O)NCc2sccc2C)cc1. The van der Waals surface area contributed by atoms with E-state index in [4.69, 9.17) is 4.74 Å². The van der Waals surface area contributed by atoms with E-state index in [0.717, 1.165) is 16.4 Å². The Morgan fingerprint density at radius 3 is 2.67 bits per heavy atom. The van der Waals surface area contributed by atoms with Gasteiger partial charge in [0.2, 0.25) is 5.91 Å². The topological polar surface area (TPSA) is 38.3 Å². The first-order chi connectivity index (χ1) is 10.2. The second kappa shape index (κ2) is 8.10. The van der Waals surface area contributed by atoms with Crippen LogP contribution < -0.4 is 10.1 Å². The molecule has 0 radical (unpaired) electrons. The van der Waals surface area contributed by atoms with Crippen LogP contribution in [0, 0.1) is 6.92 Å². The number of hydrogen-bond donors (Lipinski definition) is 1. The molecule has 0 unspecified atom stereocenters. The standard InChI is InChI=1S/C16H19NO2S2/c1-12-7-9-21-15(12)11-17-16(18)8-10-20-14-5-3-13(19-2)4-6-14/h3-7,9H,8,10-11H2,1-2H3,(H,17,18). The van der Waals surface area contributed by atoms with Crippen LogP contribution in [0.5, 0.6) is 5.75 Å². The van der Waals surface area contributed by atoms with Crippen molar-refractivity contribution in [1.82, 2.24) is 5.32 Å². The van der Waals surface area contributed by atoms with Crippen molar-refractivity contribution in [2.75, 3.05) is 12.9 Å². The highest BCUT2D eigenvalue weighted by molar-refractivity contribution is 7.99. The predicted octanol–water partition coefficient (Wildman–Crippen LogP) is 3.86. The highest BCUT2D eigenvalue weighted by Crippen LogP contribution is 2.21. The average Bonchev–Trinajstić information content (AvgIpc) is 2.91. The molecule has 0 fully saturated rings. The number of thiophene rings is 1. The number of carbonyl (C=O) groups excluding carboxylic acids is 1. The first-order valence-corrected chi connectivity index (χ1v) is 8.62. The summed E-state index contributed by atoms with van der Waals surface area (Å²) in [6, 6.07) is 9.96. The van der Waals surface area contributed by atoms with Gasteiger partial charge >= 0.3 is 0 Å². The maximum atomic E-state index is 11.8. The molecule has 0 aliphatic carbocycles. The number of rotatable bonds is 7. The van der Waals surface area contributed by atoms with Crippen LogP contribution in [0.4, 0.5) is 0 Å². The third kappa shape index (κ3) is 5.10. The van der Waals surface area contributed by atoms with E-state index in [-0.39, 0.29) is 5.91 Å². The Kier molecular flexibility index (Phi) is 6.14. The molecular formula is C16H19NO2S2. The summed E-state index contributed by atoms with van der Waals surface area (Å²) in [5, 5.41) is 5.02. The van der Waals surface area contributed by atoms with Crippen LogP contribution in [0.1, 0.15) is 16.9 Å². The summed E-state index contributed by atoms with van der Waals surface area (Å²) < 4.78 is 5.12. The van der Waals surface area contributed by atoms with E-state index in [1.54, 1.807) is 30.2 Å². The Balaban J connectivity index is 1.68. The lowest BCUT2D eigenvalue weighted by molar-refractivity contribution is -0.120. The summed E-state index contributed by atoms with van der Waals surface area (Å²) in [6.45, 7) is 2.70. The predicted molar refractivity (Wildman–Crippen MR) is 89.2 cm³/mol. The number of thioether (sulfide) groups is 1. The molecule has 1 aromatic carbocycles. The first kappa shape index (κ1) is 15.9. The van der Waals surface area contributed by atoms with Gasteiger partial charge in [0.25, 0.3) is 0 Å². The zero-order valence-corrected chi connectivity index (χ0v) is 13.9. The van der Waals surface area contributed by atoms with Gasteiger partial charge in [-0.25, -0.2) is 0 Å². The molecule has 0 aliphatic heterocycles. The molecule has 5 heteroatoms. The van der Waals surface area contributed by atoms with Crippen molar-refractivity contribution in [3.63, 3.8) is 0 Å². The van der Waals surface area contributed by atoms with Crippen molar-refractivity contribution in [3.05, 3.63) is 46.2 Å². The summed E-state index contributed by atoms with van der Waals surface area (Å²) >= 11 is 3.36. The number of nitrogens with one attached hydrogen (secondary N) is 1. The Bertz CT molecular complexity index is 578. The van der Waals surface area contributed by atoms with Crippen molar-refractivity contribution in [3.8, 4) is 5.75 Å². The van der Waals surface area contributed by atoms with E-state index in [0.29, 0.717) is 13.0 Å². The van der Waals surface area contributed by atoms with E-state index in [9.17, 15) is 4.79 Å². The van der Waals surface area contributed by atoms with E-state index in [1.807, 2.05) is 24.3 Å². The Morgan fingerprint density at radius 2 is 2.05 bits per heavy atom. The van der Waals surface area contributed by atoms with Crippen LogP contribution in [0.2, 0.25) is 0 Å². The molecule has 0 spiro atoms. The van der Waals surface area contributed by atoms with Crippen molar-refractivity contribution in [2.45, 2.75) is 24.8 Å². The van der Waals surface area contributed by atoms with Gasteiger partial charge in [0.15, 0.2) is 0 Å². The van der Waals surface area contributed by atoms with Crippen LogP contribution in [0.25, 0.3) is 0 Å². The lowest BCUT2D eigenvalue weighted by atomic mass is 10.3. The fraction of sp³-hybridized carbons (Fsp3) is 0.312. The van der Waals surface area contributed by atoms with Gasteiger partial charge in [-0.15, -0.1) is 23.1 Å². The zero-order chi connectivity index (χ0) is 15.1. The highest BCUT2D eigenvalue weighted by Gasteiger charge is 2.04. The maximum absolute atomic E-state index is 11.8. The molecule has 0 atom stereocenters. The van der Waals surface area contributed by atoms with Crippen LogP contribution in [-0.4, -0.2) is 18.8 Å². The van der Waals surface area contributed by atoms with E-state index >= 15 is 0 Å². The van der Waals surface area contributed by atoms with Gasteiger partial charge in [0.1, 0.15) is 5.75 Å². The summed E-state index contributed by atoms with van der Waals surface area (Å²) in [5.74, 6) is 1.73. The quantitative estimate of drug-likeness (QED) is 0.787. The van der Waals surface area contributed by atoms with Gasteiger partial charge in [0, 0.05) is 21.9 Å². The number of amides is 1. The van der Waals surface area contributed by atoms with Crippen LogP contribution >= 0.6 is 23.1 Å². The van der Waals surface area contributed by atoms with Gasteiger partial charge in [-0.3, -0.25) is 4.79 Å². The van der Waals surface area contributed by atoms with Crippen molar-refractivity contribution >= 4 is 29.0 Å². The lowest BCUT2D eigenvalue weighted by Crippen LogP contribution is -2.22. The normalized spacial score (nSPS) is 10.4. The zero-order valence-electron chi connectivity index (χ0n) is 12.2. The molecule has 1 N–H and O–H groups in total. The minimum absolute atomic E-state index is 0.101. The fourth-order valence-corrected chi connectivity index (χ4v) is 3.48. The Morgan fingerprint density at radius 1 is 1.29 bits per heavy atom. The minimum Gasteiger partial charge on any atom is -0.497 e. The smallest absolute Gasteiger partial charge is 0.221 e. The van der Waals surface area contributed by atoms with Gasteiger partial charge < -0.3 is 10.1 Å². The second-order valence-corrected chi connectivity index (χ2v) is 6.75. The Hall–Kier alpha value is -1.46. The molecule has 0 bridgehead atoms. The molecule has 3 nitrogen and oxygen atoms in total. The Labute approximate surface area is 133 Å². The van der Waals surface area contributed by atoms with Gasteiger partial charge in [-0.2, -0.15) is 0 Å². The molecule has 0 saturated carbocycles. The van der Waals surface area contributed by atoms with E-state index in [2.05, 4.69) is 23.7 Å². The van der Waals surface area contributed by atoms with Crippen LogP contribution in [0.15, 0.2) is 40.6 Å². The van der Waals surface area contributed by atoms with Crippen LogP contribution in [-0.2, 0) is 11.3 Å². The van der Waals surface area contributed by atoms with E-state index in [1.165, 1.54) is 10.4 Å². The molecule has 1 heterocycles. The first-order valence-electron chi connectivity index (χ1n) is 6.75. The summed E-state index contributed by atoms with van der Waals surface area (Å²) in [6.07, 6.45) is 0.529. The highest BCUT2D eigenvalue weighted by atomic mass is 32.2. The third-order valence-electron chi connectivity index (χ3n) is 3.07. The van der Waals surface area contributed by atoms with Gasteiger partial charge in [0.05, 0.1) is 13.7 Å². The van der Waals surface area contributed by atoms with Gasteiger partial charge in [-0.1, -0.05) is 0 Å². The number of ether oxygens (including phenoxy) is 1. The number of hydrogen-bond acceptors (Lipinski definition) is 4. The average molecular weight is 321 g/mol. The molecule has 1 amide bonds. The monoisotopic (exact) mass is 321 g/mol. The van der Waals surface area contributed by atoms with Crippen LogP contribution in [0.3, 0.4) is 0 Å². The minimum atomic E-state index is 0.101. The molecule has 21 heavy (non-hydrogen) atoms. The van der Waals surface area contributed by atoms with Gasteiger partial charge in [-0.05, 0) is 48.2 Å². The summed E-state index contributed by atoms with van der Waals surface area (Å²) in [5.41, 5.74) is 1.24. The largest absolute Gasteiger partial charge is 0.497 e. The number of aryl methyl sites for hydroxylation is 1. The molecule has 2 aromatic rings. The molecule has 0 saturated heterocycles. The van der Waals surface area contributed by atoms with Crippen molar-refractivity contribution < 1.29 is 9.53 Å². The van der Waals surface area contributed by atoms with E-state index < -0.39 is 0 Å². The molecule has 112 valence electrons. The molecule has 1 aromatic heterocycles.